The number of carbonyl (C=O) groups excluding carboxylic acids is 1. The van der Waals surface area contributed by atoms with Crippen molar-refractivity contribution in [3.63, 3.8) is 0 Å². The number of hydrogen-bond acceptors (Lipinski definition) is 4. The van der Waals surface area contributed by atoms with Crippen molar-refractivity contribution in [2.75, 3.05) is 0 Å². The summed E-state index contributed by atoms with van der Waals surface area (Å²) in [6.07, 6.45) is 8.20. The van der Waals surface area contributed by atoms with Gasteiger partial charge in [0, 0.05) is 18.3 Å². The van der Waals surface area contributed by atoms with Gasteiger partial charge in [0.2, 0.25) is 0 Å². The zero-order valence-electron chi connectivity index (χ0n) is 24.7. The van der Waals surface area contributed by atoms with E-state index in [-0.39, 0.29) is 24.1 Å². The first-order chi connectivity index (χ1) is 17.3. The Balaban J connectivity index is 1.42. The molecule has 212 valence electrons. The lowest BCUT2D eigenvalue weighted by molar-refractivity contribution is -0.221. The molecule has 1 heterocycles. The van der Waals surface area contributed by atoms with Crippen molar-refractivity contribution in [3.05, 3.63) is 0 Å². The fourth-order valence-corrected chi connectivity index (χ4v) is 10.6. The Morgan fingerprint density at radius 2 is 1.70 bits per heavy atom. The van der Waals surface area contributed by atoms with Crippen LogP contribution in [0.5, 0.6) is 0 Å². The van der Waals surface area contributed by atoms with Gasteiger partial charge in [-0.1, -0.05) is 53.9 Å². The van der Waals surface area contributed by atoms with Gasteiger partial charge in [-0.2, -0.15) is 0 Å². The molecular formula is C32H53FO4. The van der Waals surface area contributed by atoms with Crippen LogP contribution < -0.4 is 0 Å². The first-order valence-electron chi connectivity index (χ1n) is 15.4. The standard InChI is InChI=1S/C32H53FO4/c1-18(2)10-9-11-19(3)22-12-13-23-21-16-26(35-20(4)34)25-17-27-28(37-30(5,6)36-27)29(33)32(25,8)24(21)14-15-31(22,23)7/h18-19,21-29H,9-17H2,1-8H3/t19-,21+,22-,23+,24+,25-,26-,27-,28-,29+,31-,32-/m1/s1. The maximum absolute atomic E-state index is 16.8. The van der Waals surface area contributed by atoms with E-state index in [0.29, 0.717) is 29.6 Å². The lowest BCUT2D eigenvalue weighted by Crippen LogP contribution is -2.65. The Morgan fingerprint density at radius 3 is 2.38 bits per heavy atom. The molecule has 1 aliphatic heterocycles. The minimum Gasteiger partial charge on any atom is -0.462 e. The molecule has 4 nitrogen and oxygen atoms in total. The van der Waals surface area contributed by atoms with Crippen LogP contribution in [0.1, 0.15) is 113 Å². The number of rotatable bonds is 6. The molecule has 4 saturated carbocycles. The van der Waals surface area contributed by atoms with E-state index >= 15 is 4.39 Å². The Hall–Kier alpha value is -0.680. The number of esters is 1. The molecule has 1 saturated heterocycles. The molecule has 0 amide bonds. The molecule has 0 unspecified atom stereocenters. The largest absolute Gasteiger partial charge is 0.462 e. The molecule has 37 heavy (non-hydrogen) atoms. The van der Waals surface area contributed by atoms with E-state index < -0.39 is 23.5 Å². The molecule has 0 bridgehead atoms. The minimum absolute atomic E-state index is 0.0251. The second kappa shape index (κ2) is 9.75. The zero-order chi connectivity index (χ0) is 26.9. The third-order valence-corrected chi connectivity index (χ3v) is 12.1. The molecule has 4 aliphatic carbocycles. The predicted octanol–water partition coefficient (Wildman–Crippen LogP) is 7.73. The zero-order valence-corrected chi connectivity index (χ0v) is 24.7. The lowest BCUT2D eigenvalue weighted by Gasteiger charge is -2.63. The summed E-state index contributed by atoms with van der Waals surface area (Å²) in [6.45, 7) is 17.2. The van der Waals surface area contributed by atoms with E-state index in [1.807, 2.05) is 13.8 Å². The van der Waals surface area contributed by atoms with E-state index in [2.05, 4.69) is 34.6 Å². The van der Waals surface area contributed by atoms with Crippen LogP contribution in [0.2, 0.25) is 0 Å². The van der Waals surface area contributed by atoms with Crippen molar-refractivity contribution in [1.29, 1.82) is 0 Å². The molecule has 0 radical (unpaired) electrons. The molecule has 0 aromatic rings. The van der Waals surface area contributed by atoms with Crippen LogP contribution in [-0.4, -0.2) is 36.2 Å². The van der Waals surface area contributed by atoms with Gasteiger partial charge in [-0.3, -0.25) is 4.79 Å². The highest BCUT2D eigenvalue weighted by Crippen LogP contribution is 2.69. The summed E-state index contributed by atoms with van der Waals surface area (Å²) in [5, 5.41) is 0. The maximum Gasteiger partial charge on any atom is 0.302 e. The lowest BCUT2D eigenvalue weighted by atomic mass is 9.43. The van der Waals surface area contributed by atoms with Gasteiger partial charge in [0.25, 0.3) is 0 Å². The molecule has 5 aliphatic rings. The molecule has 5 rings (SSSR count). The highest BCUT2D eigenvalue weighted by atomic mass is 19.1. The van der Waals surface area contributed by atoms with Crippen molar-refractivity contribution in [2.24, 2.45) is 52.3 Å². The van der Waals surface area contributed by atoms with E-state index in [4.69, 9.17) is 14.2 Å². The van der Waals surface area contributed by atoms with Gasteiger partial charge in [0.1, 0.15) is 18.4 Å². The minimum atomic E-state index is -1.11. The van der Waals surface area contributed by atoms with Crippen molar-refractivity contribution >= 4 is 5.97 Å². The molecule has 0 aromatic heterocycles. The average Bonchev–Trinajstić information content (AvgIpc) is 3.30. The Labute approximate surface area is 225 Å². The summed E-state index contributed by atoms with van der Waals surface area (Å²) >= 11 is 0. The molecular weight excluding hydrogens is 467 g/mol. The number of alkyl halides is 1. The van der Waals surface area contributed by atoms with Gasteiger partial charge >= 0.3 is 5.97 Å². The number of ether oxygens (including phenoxy) is 3. The highest BCUT2D eigenvalue weighted by Gasteiger charge is 2.69. The summed E-state index contributed by atoms with van der Waals surface area (Å²) in [5.41, 5.74) is -0.253. The second-order valence-corrected chi connectivity index (χ2v) is 15.0. The van der Waals surface area contributed by atoms with Crippen molar-refractivity contribution < 1.29 is 23.4 Å². The maximum atomic E-state index is 16.8. The normalized spacial score (nSPS) is 49.1. The van der Waals surface area contributed by atoms with E-state index in [1.165, 1.54) is 45.4 Å². The number of carbonyl (C=O) groups is 1. The third kappa shape index (κ3) is 4.60. The molecule has 12 atom stereocenters. The van der Waals surface area contributed by atoms with Crippen LogP contribution in [0.25, 0.3) is 0 Å². The third-order valence-electron chi connectivity index (χ3n) is 12.1. The van der Waals surface area contributed by atoms with Gasteiger partial charge < -0.3 is 14.2 Å². The first kappa shape index (κ1) is 27.9. The molecule has 5 heteroatoms. The summed E-state index contributed by atoms with van der Waals surface area (Å²) < 4.78 is 35.2. The van der Waals surface area contributed by atoms with Crippen LogP contribution in [-0.2, 0) is 19.0 Å². The quantitative estimate of drug-likeness (QED) is 0.336. The van der Waals surface area contributed by atoms with E-state index in [9.17, 15) is 4.79 Å². The Morgan fingerprint density at radius 1 is 0.973 bits per heavy atom. The molecule has 0 N–H and O–H groups in total. The predicted molar refractivity (Wildman–Crippen MR) is 143 cm³/mol. The van der Waals surface area contributed by atoms with Crippen LogP contribution in [0, 0.1) is 52.3 Å². The highest BCUT2D eigenvalue weighted by molar-refractivity contribution is 5.66. The monoisotopic (exact) mass is 520 g/mol. The van der Waals surface area contributed by atoms with Crippen LogP contribution in [0.3, 0.4) is 0 Å². The fourth-order valence-electron chi connectivity index (χ4n) is 10.6. The fraction of sp³-hybridized carbons (Fsp3) is 0.969. The summed E-state index contributed by atoms with van der Waals surface area (Å²) in [6, 6.07) is 0. The smallest absolute Gasteiger partial charge is 0.302 e. The van der Waals surface area contributed by atoms with Crippen LogP contribution >= 0.6 is 0 Å². The molecule has 0 spiro atoms. The van der Waals surface area contributed by atoms with Gasteiger partial charge in [-0.15, -0.1) is 0 Å². The molecule has 5 fully saturated rings. The van der Waals surface area contributed by atoms with Gasteiger partial charge in [0.15, 0.2) is 5.79 Å². The number of halogens is 1. The van der Waals surface area contributed by atoms with Crippen LogP contribution in [0.15, 0.2) is 0 Å². The van der Waals surface area contributed by atoms with E-state index in [0.717, 1.165) is 30.6 Å². The van der Waals surface area contributed by atoms with E-state index in [1.54, 1.807) is 0 Å². The summed E-state index contributed by atoms with van der Waals surface area (Å²) in [7, 11) is 0. The Kier molecular flexibility index (Phi) is 7.34. The topological polar surface area (TPSA) is 44.8 Å². The summed E-state index contributed by atoms with van der Waals surface area (Å²) in [5.74, 6) is 2.51. The van der Waals surface area contributed by atoms with Gasteiger partial charge in [-0.05, 0) is 93.3 Å². The number of fused-ring (bicyclic) bond motifs is 6. The number of hydrogen-bond donors (Lipinski definition) is 0. The molecule has 0 aromatic carbocycles. The van der Waals surface area contributed by atoms with Crippen LogP contribution in [0.4, 0.5) is 4.39 Å². The van der Waals surface area contributed by atoms with Gasteiger partial charge in [0.05, 0.1) is 6.10 Å². The van der Waals surface area contributed by atoms with Crippen molar-refractivity contribution in [2.45, 2.75) is 143 Å². The van der Waals surface area contributed by atoms with Crippen molar-refractivity contribution in [3.8, 4) is 0 Å². The second-order valence-electron chi connectivity index (χ2n) is 15.0. The first-order valence-corrected chi connectivity index (χ1v) is 15.4. The van der Waals surface area contributed by atoms with Crippen molar-refractivity contribution in [1.82, 2.24) is 0 Å². The van der Waals surface area contributed by atoms with Gasteiger partial charge in [-0.25, -0.2) is 4.39 Å². The SMILES string of the molecule is CC(=O)O[C@@H]1C[C@H]2[C@@H]3CC[C@H]([C@H](C)CCCC(C)C)[C@@]3(C)CC[C@@H]2[C@]2(C)[C@@H]1C[C@H]1OC(C)(C)O[C@H]1[C@@H]2F. The Bertz CT molecular complexity index is 858. The average molecular weight is 521 g/mol. The summed E-state index contributed by atoms with van der Waals surface area (Å²) in [4.78, 5) is 12.3.